The third kappa shape index (κ3) is 3.62. The highest BCUT2D eigenvalue weighted by atomic mass is 16.6. The van der Waals surface area contributed by atoms with Crippen LogP contribution in [0.15, 0.2) is 6.20 Å². The lowest BCUT2D eigenvalue weighted by atomic mass is 10.2. The Morgan fingerprint density at radius 2 is 2.11 bits per heavy atom. The van der Waals surface area contributed by atoms with Gasteiger partial charge in [0, 0.05) is 0 Å². The number of anilines is 2. The molecule has 2 rings (SSSR count). The van der Waals surface area contributed by atoms with Gasteiger partial charge < -0.3 is 10.5 Å². The normalized spacial score (nSPS) is 16.6. The van der Waals surface area contributed by atoms with Crippen molar-refractivity contribution in [3.8, 4) is 0 Å². The van der Waals surface area contributed by atoms with Gasteiger partial charge in [-0.3, -0.25) is 10.00 Å². The van der Waals surface area contributed by atoms with Gasteiger partial charge in [-0.25, -0.2) is 4.79 Å². The van der Waals surface area contributed by atoms with Crippen molar-refractivity contribution in [2.75, 3.05) is 11.1 Å². The summed E-state index contributed by atoms with van der Waals surface area (Å²) in [5.41, 5.74) is 5.81. The molecule has 0 aromatic carbocycles. The van der Waals surface area contributed by atoms with Gasteiger partial charge in [0.25, 0.3) is 0 Å². The van der Waals surface area contributed by atoms with E-state index in [0.717, 1.165) is 12.8 Å². The second kappa shape index (κ2) is 5.11. The molecule has 3 N–H and O–H groups in total. The first-order valence-corrected chi connectivity index (χ1v) is 6.70. The molecule has 1 saturated carbocycles. The third-order valence-corrected chi connectivity index (χ3v) is 3.09. The molecule has 0 bridgehead atoms. The monoisotopic (exact) mass is 266 g/mol. The first-order chi connectivity index (χ1) is 8.85. The number of carbonyl (C=O) groups excluding carboxylic acids is 1. The quantitative estimate of drug-likeness (QED) is 0.862. The second-order valence-electron chi connectivity index (χ2n) is 5.97. The van der Waals surface area contributed by atoms with E-state index in [1.54, 1.807) is 6.20 Å². The summed E-state index contributed by atoms with van der Waals surface area (Å²) in [6.45, 7) is 5.45. The molecule has 1 aromatic heterocycles. The van der Waals surface area contributed by atoms with E-state index < -0.39 is 11.7 Å². The minimum atomic E-state index is -0.527. The van der Waals surface area contributed by atoms with E-state index in [2.05, 4.69) is 10.4 Å². The number of nitrogen functional groups attached to an aromatic ring is 1. The molecule has 0 saturated heterocycles. The Bertz CT molecular complexity index is 456. The number of nitrogens with zero attached hydrogens (tertiary/aromatic N) is 2. The first-order valence-electron chi connectivity index (χ1n) is 6.70. The fourth-order valence-corrected chi connectivity index (χ4v) is 2.27. The average Bonchev–Trinajstić information content (AvgIpc) is 2.85. The van der Waals surface area contributed by atoms with Gasteiger partial charge in [-0.05, 0) is 33.6 Å². The van der Waals surface area contributed by atoms with E-state index in [1.165, 1.54) is 12.8 Å². The molecule has 0 radical (unpaired) electrons. The zero-order valence-corrected chi connectivity index (χ0v) is 11.8. The minimum absolute atomic E-state index is 0.331. The molecule has 1 aromatic rings. The van der Waals surface area contributed by atoms with Gasteiger partial charge in [-0.15, -0.1) is 0 Å². The molecular weight excluding hydrogens is 244 g/mol. The van der Waals surface area contributed by atoms with Crippen molar-refractivity contribution in [2.45, 2.75) is 58.1 Å². The van der Waals surface area contributed by atoms with Crippen LogP contribution < -0.4 is 11.1 Å². The van der Waals surface area contributed by atoms with Crippen LogP contribution >= 0.6 is 0 Å². The largest absolute Gasteiger partial charge is 0.444 e. The van der Waals surface area contributed by atoms with Gasteiger partial charge >= 0.3 is 6.09 Å². The maximum Gasteiger partial charge on any atom is 0.412 e. The number of aromatic nitrogens is 2. The van der Waals surface area contributed by atoms with Crippen molar-refractivity contribution >= 4 is 17.6 Å². The van der Waals surface area contributed by atoms with Gasteiger partial charge in [-0.1, -0.05) is 12.8 Å². The minimum Gasteiger partial charge on any atom is -0.444 e. The van der Waals surface area contributed by atoms with Crippen molar-refractivity contribution < 1.29 is 9.53 Å². The van der Waals surface area contributed by atoms with Crippen molar-refractivity contribution in [2.24, 2.45) is 0 Å². The Morgan fingerprint density at radius 3 is 2.68 bits per heavy atom. The molecule has 0 unspecified atom stereocenters. The van der Waals surface area contributed by atoms with Gasteiger partial charge in [0.15, 0.2) is 5.82 Å². The molecule has 1 aliphatic rings. The summed E-state index contributed by atoms with van der Waals surface area (Å²) in [6.07, 6.45) is 5.96. The molecule has 1 amide bonds. The summed E-state index contributed by atoms with van der Waals surface area (Å²) in [7, 11) is 0. The number of ether oxygens (including phenoxy) is 1. The number of hydrogen-bond acceptors (Lipinski definition) is 4. The van der Waals surface area contributed by atoms with Crippen LogP contribution in [0.2, 0.25) is 0 Å². The van der Waals surface area contributed by atoms with E-state index in [-0.39, 0.29) is 0 Å². The van der Waals surface area contributed by atoms with Crippen LogP contribution in [0.4, 0.5) is 16.3 Å². The Morgan fingerprint density at radius 1 is 1.47 bits per heavy atom. The van der Waals surface area contributed by atoms with Gasteiger partial charge in [-0.2, -0.15) is 5.10 Å². The summed E-state index contributed by atoms with van der Waals surface area (Å²) in [6, 6.07) is 0.400. The lowest BCUT2D eigenvalue weighted by Crippen LogP contribution is -2.27. The predicted octanol–water partition coefficient (Wildman–Crippen LogP) is 2.93. The Balaban J connectivity index is 2.02. The van der Waals surface area contributed by atoms with Crippen LogP contribution in [-0.4, -0.2) is 21.5 Å². The highest BCUT2D eigenvalue weighted by molar-refractivity contribution is 5.88. The number of hydrogen-bond donors (Lipinski definition) is 2. The Labute approximate surface area is 113 Å². The van der Waals surface area contributed by atoms with Gasteiger partial charge in [0.2, 0.25) is 0 Å². The molecule has 6 heteroatoms. The van der Waals surface area contributed by atoms with Crippen LogP contribution in [0.25, 0.3) is 0 Å². The molecule has 106 valence electrons. The standard InChI is InChI=1S/C13H22N4O2/c1-13(2,3)19-12(18)15-10-8-17(16-11(10)14)9-6-4-5-7-9/h8-9H,4-7H2,1-3H3,(H2,14,16)(H,15,18). The van der Waals surface area contributed by atoms with Crippen molar-refractivity contribution in [1.82, 2.24) is 9.78 Å². The molecular formula is C13H22N4O2. The highest BCUT2D eigenvalue weighted by Crippen LogP contribution is 2.31. The summed E-state index contributed by atoms with van der Waals surface area (Å²) in [5.74, 6) is 0.331. The summed E-state index contributed by atoms with van der Waals surface area (Å²) >= 11 is 0. The van der Waals surface area contributed by atoms with Crippen LogP contribution in [0.3, 0.4) is 0 Å². The predicted molar refractivity (Wildman–Crippen MR) is 74.0 cm³/mol. The number of rotatable bonds is 2. The lowest BCUT2D eigenvalue weighted by molar-refractivity contribution is 0.0636. The molecule has 1 fully saturated rings. The fraction of sp³-hybridized carbons (Fsp3) is 0.692. The maximum atomic E-state index is 11.7. The topological polar surface area (TPSA) is 82.2 Å². The van der Waals surface area contributed by atoms with Crippen molar-refractivity contribution in [3.63, 3.8) is 0 Å². The van der Waals surface area contributed by atoms with Crippen LogP contribution in [0.1, 0.15) is 52.5 Å². The smallest absolute Gasteiger partial charge is 0.412 e. The number of amides is 1. The Hall–Kier alpha value is -1.72. The molecule has 1 aliphatic carbocycles. The third-order valence-electron chi connectivity index (χ3n) is 3.09. The van der Waals surface area contributed by atoms with Crippen molar-refractivity contribution in [1.29, 1.82) is 0 Å². The van der Waals surface area contributed by atoms with E-state index in [1.807, 2.05) is 25.5 Å². The summed E-state index contributed by atoms with van der Waals surface area (Å²) in [5, 5.41) is 6.91. The number of carbonyl (C=O) groups is 1. The number of nitrogens with two attached hydrogens (primary N) is 1. The maximum absolute atomic E-state index is 11.7. The van der Waals surface area contributed by atoms with E-state index in [9.17, 15) is 4.79 Å². The summed E-state index contributed by atoms with van der Waals surface area (Å²) in [4.78, 5) is 11.7. The van der Waals surface area contributed by atoms with Crippen LogP contribution in [0, 0.1) is 0 Å². The molecule has 0 spiro atoms. The Kier molecular flexibility index (Phi) is 3.68. The van der Waals surface area contributed by atoms with Gasteiger partial charge in [0.1, 0.15) is 11.3 Å². The van der Waals surface area contributed by atoms with E-state index >= 15 is 0 Å². The zero-order chi connectivity index (χ0) is 14.0. The number of nitrogens with one attached hydrogen (secondary N) is 1. The summed E-state index contributed by atoms with van der Waals surface area (Å²) < 4.78 is 7.04. The molecule has 0 aliphatic heterocycles. The zero-order valence-electron chi connectivity index (χ0n) is 11.8. The highest BCUT2D eigenvalue weighted by Gasteiger charge is 2.21. The molecule has 19 heavy (non-hydrogen) atoms. The average molecular weight is 266 g/mol. The van der Waals surface area contributed by atoms with Crippen LogP contribution in [0.5, 0.6) is 0 Å². The lowest BCUT2D eigenvalue weighted by Gasteiger charge is -2.19. The first kappa shape index (κ1) is 13.7. The molecule has 1 heterocycles. The second-order valence-corrected chi connectivity index (χ2v) is 5.97. The molecule has 0 atom stereocenters. The van der Waals surface area contributed by atoms with Crippen LogP contribution in [-0.2, 0) is 4.74 Å². The van der Waals surface area contributed by atoms with Gasteiger partial charge in [0.05, 0.1) is 12.2 Å². The van der Waals surface area contributed by atoms with Crippen molar-refractivity contribution in [3.05, 3.63) is 6.20 Å². The molecule has 6 nitrogen and oxygen atoms in total. The van der Waals surface area contributed by atoms with E-state index in [4.69, 9.17) is 10.5 Å². The van der Waals surface area contributed by atoms with E-state index in [0.29, 0.717) is 17.5 Å². The fourth-order valence-electron chi connectivity index (χ4n) is 2.27. The SMILES string of the molecule is CC(C)(C)OC(=O)Nc1cn(C2CCCC2)nc1N.